The van der Waals surface area contributed by atoms with Crippen LogP contribution < -0.4 is 56.0 Å². The number of methoxy groups -OCH3 is 2. The van der Waals surface area contributed by atoms with E-state index in [0.29, 0.717) is 21.3 Å². The number of nitrogens with zero attached hydrogens (tertiary/aromatic N) is 7. The number of anilines is 2. The number of nitrogens with two attached hydrogens (primary N) is 1. The van der Waals surface area contributed by atoms with Crippen LogP contribution in [-0.2, 0) is 57.2 Å². The maximum atomic E-state index is 12.9. The number of aromatic carboxylic acids is 1. The second-order valence-corrected chi connectivity index (χ2v) is 26.7. The molecule has 6 rings (SSSR count). The minimum absolute atomic E-state index is 0.0104. The van der Waals surface area contributed by atoms with Gasteiger partial charge in [-0.2, -0.15) is 59.1 Å². The quantitative estimate of drug-likeness (QED) is 0.0263. The van der Waals surface area contributed by atoms with Crippen molar-refractivity contribution in [1.29, 1.82) is 0 Å². The van der Waals surface area contributed by atoms with Gasteiger partial charge in [-0.15, -0.1) is 0 Å². The lowest BCUT2D eigenvalue weighted by atomic mass is 10.2. The third-order valence-corrected chi connectivity index (χ3v) is 16.8. The van der Waals surface area contributed by atoms with Crippen LogP contribution in [0.1, 0.15) is 53.6 Å². The number of carbonyl (C=O) groups is 5. The third kappa shape index (κ3) is 24.7. The molecule has 520 valence electrons. The Morgan fingerprint density at radius 3 is 1.69 bits per heavy atom. The molecule has 4 heterocycles. The molecule has 95 heavy (non-hydrogen) atoms. The van der Waals surface area contributed by atoms with Crippen molar-refractivity contribution in [1.82, 2.24) is 43.5 Å². The number of aromatic nitrogens is 7. The highest BCUT2D eigenvalue weighted by molar-refractivity contribution is 7.93. The number of aliphatic carboxylic acids is 1. The number of benzene rings is 2. The molecule has 0 saturated heterocycles. The SMILES string of the molecule is CC(C)OC(=O)c1cc(-n2c(=O)cc(C(F)(F)F)n(C)c2=O)ccc1Cl.CCS(=O)(=O)c1cccnc1S(=O)(=O)NC(=O)Nc1nc(OC)cc(OC)n1.CP(=O)(O)CCC(N)C(=O)O.O=C(Nc1nc(OC(F)F)cc(OC(F)F)n1)NS(=O)(=O)c1ccccc1C(=O)O. The van der Waals surface area contributed by atoms with Crippen molar-refractivity contribution in [3.63, 3.8) is 0 Å². The van der Waals surface area contributed by atoms with E-state index in [9.17, 15) is 94.1 Å². The molecule has 0 saturated carbocycles. The highest BCUT2D eigenvalue weighted by Crippen LogP contribution is 2.36. The number of carboxylic acid groups (broad SMARTS) is 2. The zero-order valence-electron chi connectivity index (χ0n) is 49.4. The molecule has 0 fully saturated rings. The maximum absolute atomic E-state index is 12.9. The van der Waals surface area contributed by atoms with E-state index >= 15 is 0 Å². The van der Waals surface area contributed by atoms with Gasteiger partial charge in [0, 0.05) is 32.1 Å². The van der Waals surface area contributed by atoms with Crippen molar-refractivity contribution in [2.24, 2.45) is 12.8 Å². The number of ether oxygens (including phenoxy) is 5. The number of sulfone groups is 1. The summed E-state index contributed by atoms with van der Waals surface area (Å²) in [5.74, 6) is -6.90. The molecular weight excluding hydrogens is 1400 g/mol. The molecule has 6 aromatic rings. The Labute approximate surface area is 536 Å². The standard InChI is InChI=1S/C16H14ClF3N2O4.C14H10F4N4O7S.C14H17N5O7S2.C5H12NO4P/c1-8(2)26-14(24)10-6-9(4-5-11(10)17)22-13(23)7-12(16(18,19)20)21(3)15(22)25;15-11(16)28-8-5-9(29-12(17)18)20-13(19-8)21-14(25)22-30(26,27)7-4-2-1-3-6(7)10(23)24;1-4-27(21,22)9-6-5-7-15-12(9)28(23,24)19-14(20)18-13-16-10(25-2)8-11(17-13)26-3;1-11(9,10)3-2-4(6)5(7)8/h4-8H,1-3H3;1-5,11-12H,(H,23,24)(H2,19,20,21,22,25);5-8H,4H2,1-3H3,(H2,16,17,18,19,20);4H,2-3,6H2,1H3,(H,7,8)(H,9,10). The first-order chi connectivity index (χ1) is 43.9. The van der Waals surface area contributed by atoms with Crippen LogP contribution in [0.25, 0.3) is 5.69 Å². The molecule has 0 aliphatic rings. The molecule has 4 amide bonds. The number of amides is 4. The summed E-state index contributed by atoms with van der Waals surface area (Å²) in [5, 5.41) is 20.3. The van der Waals surface area contributed by atoms with Gasteiger partial charge in [-0.1, -0.05) is 30.7 Å². The Kier molecular flexibility index (Phi) is 28.5. The Hall–Kier alpha value is -9.62. The smallest absolute Gasteiger partial charge is 0.431 e. The Morgan fingerprint density at radius 2 is 1.23 bits per heavy atom. The molecule has 2 unspecified atom stereocenters. The van der Waals surface area contributed by atoms with Gasteiger partial charge in [0.05, 0.1) is 60.0 Å². The topological polar surface area (TPSA) is 494 Å². The van der Waals surface area contributed by atoms with Gasteiger partial charge in [-0.05, 0) is 62.7 Å². The number of esters is 1. The van der Waals surface area contributed by atoms with Crippen molar-refractivity contribution in [2.45, 2.75) is 73.6 Å². The largest absolute Gasteiger partial charge is 0.481 e. The number of alkyl halides is 7. The second kappa shape index (κ2) is 34.0. The summed E-state index contributed by atoms with van der Waals surface area (Å²) < 4.78 is 199. The Bertz CT molecular complexity index is 4270. The molecule has 2 aromatic carbocycles. The van der Waals surface area contributed by atoms with E-state index in [4.69, 9.17) is 46.7 Å². The summed E-state index contributed by atoms with van der Waals surface area (Å²) in [5.41, 5.74) is 0.442. The van der Waals surface area contributed by atoms with Crippen LogP contribution in [0, 0.1) is 0 Å². The third-order valence-electron chi connectivity index (χ3n) is 10.8. The number of hydrogen-bond acceptors (Lipinski definition) is 25. The van der Waals surface area contributed by atoms with Crippen LogP contribution >= 0.6 is 19.0 Å². The van der Waals surface area contributed by atoms with Crippen LogP contribution in [-0.4, -0.2) is 163 Å². The number of pyridine rings is 1. The van der Waals surface area contributed by atoms with Gasteiger partial charge in [-0.25, -0.2) is 59.8 Å². The van der Waals surface area contributed by atoms with Gasteiger partial charge in [0.1, 0.15) is 21.5 Å². The van der Waals surface area contributed by atoms with Gasteiger partial charge in [0.25, 0.3) is 25.6 Å². The number of hydrogen-bond donors (Lipinski definition) is 8. The number of nitrogens with one attached hydrogen (secondary N) is 4. The van der Waals surface area contributed by atoms with Gasteiger partial charge >= 0.3 is 55.1 Å². The lowest BCUT2D eigenvalue weighted by Gasteiger charge is -2.15. The van der Waals surface area contributed by atoms with Gasteiger partial charge in [0.2, 0.25) is 35.4 Å². The Balaban J connectivity index is 0.000000344. The van der Waals surface area contributed by atoms with Crippen molar-refractivity contribution in [3.05, 3.63) is 122 Å². The number of sulfonamides is 2. The summed E-state index contributed by atoms with van der Waals surface area (Å²) in [4.78, 5) is 107. The molecule has 2 atom stereocenters. The number of carboxylic acids is 2. The van der Waals surface area contributed by atoms with Crippen molar-refractivity contribution < 1.29 is 123 Å². The highest BCUT2D eigenvalue weighted by Gasteiger charge is 2.36. The molecule has 46 heteroatoms. The minimum atomic E-state index is -4.86. The minimum Gasteiger partial charge on any atom is -0.481 e. The van der Waals surface area contributed by atoms with E-state index in [1.54, 1.807) is 23.9 Å². The maximum Gasteiger partial charge on any atom is 0.431 e. The summed E-state index contributed by atoms with van der Waals surface area (Å²) in [6.45, 7) is -1.05. The lowest BCUT2D eigenvalue weighted by molar-refractivity contribution is -0.144. The zero-order valence-corrected chi connectivity index (χ0v) is 53.5. The van der Waals surface area contributed by atoms with Crippen LogP contribution in [0.15, 0.2) is 103 Å². The predicted octanol–water partition coefficient (Wildman–Crippen LogP) is 4.54. The zero-order chi connectivity index (χ0) is 72.3. The molecule has 0 radical (unpaired) electrons. The fraction of sp³-hybridized carbons (Fsp3) is 0.306. The molecular formula is C49H53ClF7N12O22PS3. The summed E-state index contributed by atoms with van der Waals surface area (Å²) in [7, 11) is -12.8. The van der Waals surface area contributed by atoms with E-state index in [1.807, 2.05) is 0 Å². The number of halogens is 8. The monoisotopic (exact) mass is 1460 g/mol. The fourth-order valence-electron chi connectivity index (χ4n) is 6.61. The van der Waals surface area contributed by atoms with Crippen LogP contribution in [0.4, 0.5) is 52.2 Å². The van der Waals surface area contributed by atoms with Gasteiger partial charge in [0.15, 0.2) is 22.2 Å². The average Bonchev–Trinajstić information content (AvgIpc) is 0.781. The van der Waals surface area contributed by atoms with Crippen LogP contribution in [0.2, 0.25) is 5.02 Å². The van der Waals surface area contributed by atoms with E-state index in [2.05, 4.69) is 39.7 Å². The molecule has 0 spiro atoms. The van der Waals surface area contributed by atoms with Crippen molar-refractivity contribution in [2.75, 3.05) is 43.4 Å². The van der Waals surface area contributed by atoms with Crippen molar-refractivity contribution in [3.8, 4) is 29.2 Å². The van der Waals surface area contributed by atoms with Crippen LogP contribution in [0.5, 0.6) is 23.5 Å². The molecule has 0 aliphatic carbocycles. The number of urea groups is 2. The molecule has 0 aliphatic heterocycles. The normalized spacial score (nSPS) is 12.3. The van der Waals surface area contributed by atoms with Crippen LogP contribution in [0.3, 0.4) is 0 Å². The summed E-state index contributed by atoms with van der Waals surface area (Å²) in [6.07, 6.45) is -4.21. The molecule has 9 N–H and O–H groups in total. The fourth-order valence-corrected chi connectivity index (χ4v) is 11.2. The number of rotatable bonds is 22. The van der Waals surface area contributed by atoms with E-state index in [1.165, 1.54) is 68.9 Å². The summed E-state index contributed by atoms with van der Waals surface area (Å²) in [6, 6.07) is 8.58. The molecule has 4 aromatic heterocycles. The number of carbonyl (C=O) groups excluding carboxylic acids is 3. The van der Waals surface area contributed by atoms with E-state index in [-0.39, 0.29) is 52.3 Å². The first kappa shape index (κ1) is 79.6. The average molecular weight is 1460 g/mol. The van der Waals surface area contributed by atoms with Gasteiger partial charge < -0.3 is 44.5 Å². The second-order valence-electron chi connectivity index (χ2n) is 18.2. The van der Waals surface area contributed by atoms with E-state index in [0.717, 1.165) is 37.5 Å². The van der Waals surface area contributed by atoms with Gasteiger partial charge in [-0.3, -0.25) is 29.4 Å². The van der Waals surface area contributed by atoms with Crippen molar-refractivity contribution >= 4 is 90.7 Å². The molecule has 0 bridgehead atoms. The highest BCUT2D eigenvalue weighted by atomic mass is 35.5. The van der Waals surface area contributed by atoms with E-state index < -0.39 is 154 Å². The molecule has 34 nitrogen and oxygen atoms in total. The lowest BCUT2D eigenvalue weighted by Crippen LogP contribution is -2.40. The Morgan fingerprint density at radius 1 is 0.737 bits per heavy atom. The first-order valence-corrected chi connectivity index (χ1v) is 32.8. The first-order valence-electron chi connectivity index (χ1n) is 25.5. The predicted molar refractivity (Wildman–Crippen MR) is 313 cm³/mol. The summed E-state index contributed by atoms with van der Waals surface area (Å²) >= 11 is 5.94.